The predicted molar refractivity (Wildman–Crippen MR) is 130 cm³/mol. The van der Waals surface area contributed by atoms with E-state index in [4.69, 9.17) is 14.3 Å². The van der Waals surface area contributed by atoms with Gasteiger partial charge in [-0.1, -0.05) is 42.5 Å². The number of ether oxygens (including phenoxy) is 1. The number of Topliss-reactive ketones (excluding diaryl/α,β-unsaturated/α-hetero) is 1. The zero-order valence-corrected chi connectivity index (χ0v) is 18.9. The molecule has 1 N–H and O–H groups in total. The average molecular weight is 458 g/mol. The van der Waals surface area contributed by atoms with Crippen molar-refractivity contribution in [2.45, 2.75) is 38.5 Å². The quantitative estimate of drug-likeness (QED) is 0.203. The molecule has 6 heteroatoms. The number of carbonyl (C=O) groups is 2. The van der Waals surface area contributed by atoms with Crippen molar-refractivity contribution in [3.05, 3.63) is 95.4 Å². The van der Waals surface area contributed by atoms with Gasteiger partial charge in [-0.2, -0.15) is 0 Å². The van der Waals surface area contributed by atoms with E-state index in [1.54, 1.807) is 6.07 Å². The number of rotatable bonds is 12. The molecule has 0 saturated carbocycles. The number of nitrogens with zero attached hydrogens (tertiary/aromatic N) is 1. The molecule has 0 radical (unpaired) electrons. The molecule has 0 amide bonds. The lowest BCUT2D eigenvalue weighted by Gasteiger charge is -2.07. The lowest BCUT2D eigenvalue weighted by Crippen LogP contribution is -2.02. The molecule has 0 aliphatic carbocycles. The van der Waals surface area contributed by atoms with Gasteiger partial charge in [-0.25, -0.2) is 9.78 Å². The van der Waals surface area contributed by atoms with Gasteiger partial charge in [0.25, 0.3) is 5.89 Å². The third kappa shape index (κ3) is 6.32. The minimum atomic E-state index is -1.05. The van der Waals surface area contributed by atoms with Crippen LogP contribution in [0.1, 0.15) is 57.9 Å². The highest BCUT2D eigenvalue weighted by Crippen LogP contribution is 2.20. The summed E-state index contributed by atoms with van der Waals surface area (Å²) in [5.74, 6) is -0.443. The Balaban J connectivity index is 1.19. The molecule has 0 aliphatic rings. The monoisotopic (exact) mass is 457 g/mol. The molecule has 0 saturated heterocycles. The molecule has 4 rings (SSSR count). The van der Waals surface area contributed by atoms with E-state index < -0.39 is 5.97 Å². The number of aromatic nitrogens is 1. The van der Waals surface area contributed by atoms with E-state index >= 15 is 0 Å². The van der Waals surface area contributed by atoms with Crippen LogP contribution in [-0.4, -0.2) is 28.4 Å². The zero-order chi connectivity index (χ0) is 23.8. The molecule has 4 aromatic rings. The minimum Gasteiger partial charge on any atom is -0.494 e. The van der Waals surface area contributed by atoms with Gasteiger partial charge in [-0.05, 0) is 73.6 Å². The molecule has 6 nitrogen and oxygen atoms in total. The Hall–Kier alpha value is -3.93. The van der Waals surface area contributed by atoms with Gasteiger partial charge in [-0.3, -0.25) is 4.79 Å². The second-order valence-corrected chi connectivity index (χ2v) is 8.22. The summed E-state index contributed by atoms with van der Waals surface area (Å²) < 4.78 is 11.3. The lowest BCUT2D eigenvalue weighted by molar-refractivity contribution is 0.0696. The van der Waals surface area contributed by atoms with Crippen LogP contribution in [0.3, 0.4) is 0 Å². The summed E-state index contributed by atoms with van der Waals surface area (Å²) in [6.45, 7) is 0.688. The lowest BCUT2D eigenvalue weighted by atomic mass is 10.1. The molecule has 0 atom stereocenters. The van der Waals surface area contributed by atoms with E-state index in [2.05, 4.69) is 29.2 Å². The highest BCUT2D eigenvalue weighted by molar-refractivity contribution is 5.96. The van der Waals surface area contributed by atoms with E-state index in [1.807, 2.05) is 30.3 Å². The Morgan fingerprint density at radius 2 is 1.62 bits per heavy atom. The first-order chi connectivity index (χ1) is 16.6. The van der Waals surface area contributed by atoms with Crippen molar-refractivity contribution in [2.75, 3.05) is 6.61 Å². The molecule has 0 aliphatic heterocycles. The maximum Gasteiger partial charge on any atom is 0.335 e. The molecule has 174 valence electrons. The number of unbranched alkanes of at least 4 members (excludes halogenated alkanes) is 2. The number of ketones is 1. The van der Waals surface area contributed by atoms with Gasteiger partial charge in [-0.15, -0.1) is 0 Å². The van der Waals surface area contributed by atoms with Gasteiger partial charge in [0, 0.05) is 6.42 Å². The first-order valence-electron chi connectivity index (χ1n) is 11.5. The van der Waals surface area contributed by atoms with E-state index in [0.717, 1.165) is 37.0 Å². The number of oxazole rings is 1. The summed E-state index contributed by atoms with van der Waals surface area (Å²) >= 11 is 0. The van der Waals surface area contributed by atoms with Gasteiger partial charge in [0.15, 0.2) is 5.58 Å². The fourth-order valence-corrected chi connectivity index (χ4v) is 3.74. The van der Waals surface area contributed by atoms with Crippen LogP contribution in [0.15, 0.2) is 77.2 Å². The van der Waals surface area contributed by atoms with Crippen LogP contribution in [0.2, 0.25) is 0 Å². The van der Waals surface area contributed by atoms with Crippen molar-refractivity contribution in [2.24, 2.45) is 0 Å². The second-order valence-electron chi connectivity index (χ2n) is 8.22. The van der Waals surface area contributed by atoms with Crippen molar-refractivity contribution in [3.63, 3.8) is 0 Å². The maximum absolute atomic E-state index is 12.5. The number of carbonyl (C=O) groups excluding carboxylic acids is 1. The van der Waals surface area contributed by atoms with Gasteiger partial charge >= 0.3 is 5.97 Å². The third-order valence-corrected chi connectivity index (χ3v) is 5.66. The predicted octanol–water partition coefficient (Wildman–Crippen LogP) is 6.13. The molecule has 34 heavy (non-hydrogen) atoms. The average Bonchev–Trinajstić information content (AvgIpc) is 3.29. The largest absolute Gasteiger partial charge is 0.494 e. The van der Waals surface area contributed by atoms with Crippen molar-refractivity contribution in [1.29, 1.82) is 0 Å². The summed E-state index contributed by atoms with van der Waals surface area (Å²) in [6.07, 6.45) is 5.20. The number of benzene rings is 3. The molecular formula is C28H27NO5. The van der Waals surface area contributed by atoms with E-state index in [-0.39, 0.29) is 23.7 Å². The number of carboxylic acid groups (broad SMARTS) is 1. The fourth-order valence-electron chi connectivity index (χ4n) is 3.74. The van der Waals surface area contributed by atoms with Crippen LogP contribution in [0.25, 0.3) is 11.1 Å². The smallest absolute Gasteiger partial charge is 0.335 e. The van der Waals surface area contributed by atoms with Crippen LogP contribution in [0.4, 0.5) is 0 Å². The first kappa shape index (κ1) is 23.2. The van der Waals surface area contributed by atoms with Gasteiger partial charge in [0.05, 0.1) is 12.2 Å². The summed E-state index contributed by atoms with van der Waals surface area (Å²) in [5.41, 5.74) is 3.26. The number of hydrogen-bond acceptors (Lipinski definition) is 5. The van der Waals surface area contributed by atoms with E-state index in [1.165, 1.54) is 17.7 Å². The van der Waals surface area contributed by atoms with Crippen molar-refractivity contribution >= 4 is 22.9 Å². The molecule has 0 fully saturated rings. The summed E-state index contributed by atoms with van der Waals surface area (Å²) in [5, 5.41) is 9.07. The van der Waals surface area contributed by atoms with Gasteiger partial charge in [0.2, 0.25) is 5.78 Å². The highest BCUT2D eigenvalue weighted by atomic mass is 16.5. The molecule has 0 unspecified atom stereocenters. The van der Waals surface area contributed by atoms with Gasteiger partial charge in [0.1, 0.15) is 11.3 Å². The highest BCUT2D eigenvalue weighted by Gasteiger charge is 2.16. The molecule has 0 bridgehead atoms. The summed E-state index contributed by atoms with van der Waals surface area (Å²) in [7, 11) is 0. The molecule has 1 heterocycles. The van der Waals surface area contributed by atoms with Crippen LogP contribution in [0, 0.1) is 0 Å². The third-order valence-electron chi connectivity index (χ3n) is 5.66. The topological polar surface area (TPSA) is 89.6 Å². The van der Waals surface area contributed by atoms with Gasteiger partial charge < -0.3 is 14.3 Å². The van der Waals surface area contributed by atoms with E-state index in [9.17, 15) is 9.59 Å². The molecule has 0 spiro atoms. The van der Waals surface area contributed by atoms with Crippen LogP contribution in [0.5, 0.6) is 5.75 Å². The first-order valence-corrected chi connectivity index (χ1v) is 11.5. The SMILES string of the molecule is O=C(O)c1ccc2nc(C(=O)CCc3ccc(OCCCCCc4ccccc4)cc3)oc2c1. The Kier molecular flexibility index (Phi) is 7.71. The Labute approximate surface area is 198 Å². The number of hydrogen-bond donors (Lipinski definition) is 1. The Morgan fingerprint density at radius 1 is 0.853 bits per heavy atom. The minimum absolute atomic E-state index is 0.00440. The molecule has 3 aromatic carbocycles. The molecular weight excluding hydrogens is 430 g/mol. The summed E-state index contributed by atoms with van der Waals surface area (Å²) in [6, 6.07) is 22.7. The fraction of sp³-hybridized carbons (Fsp3) is 0.250. The van der Waals surface area contributed by atoms with Crippen molar-refractivity contribution in [1.82, 2.24) is 4.98 Å². The number of carboxylic acids is 1. The van der Waals surface area contributed by atoms with Crippen molar-refractivity contribution < 1.29 is 23.8 Å². The number of fused-ring (bicyclic) bond motifs is 1. The second kappa shape index (κ2) is 11.3. The van der Waals surface area contributed by atoms with Crippen molar-refractivity contribution in [3.8, 4) is 5.75 Å². The van der Waals surface area contributed by atoms with E-state index in [0.29, 0.717) is 24.1 Å². The number of aromatic carboxylic acids is 1. The molecule has 1 aromatic heterocycles. The summed E-state index contributed by atoms with van der Waals surface area (Å²) in [4.78, 5) is 27.8. The van der Waals surface area contributed by atoms with Crippen LogP contribution in [-0.2, 0) is 12.8 Å². The van der Waals surface area contributed by atoms with Crippen LogP contribution < -0.4 is 4.74 Å². The number of aryl methyl sites for hydroxylation is 2. The Morgan fingerprint density at radius 3 is 2.38 bits per heavy atom. The maximum atomic E-state index is 12.5. The standard InChI is InChI=1S/C28H27NO5/c30-25(27-29-24-16-13-22(28(31)32)19-26(24)34-27)17-12-21-10-14-23(15-11-21)33-18-6-2-5-9-20-7-3-1-4-8-20/h1,3-4,7-8,10-11,13-16,19H,2,5-6,9,12,17-18H2,(H,31,32). The zero-order valence-electron chi connectivity index (χ0n) is 18.9. The normalized spacial score (nSPS) is 10.9. The van der Waals surface area contributed by atoms with Crippen LogP contribution >= 0.6 is 0 Å². The Bertz CT molecular complexity index is 1250.